The molecule has 4 nitrogen and oxygen atoms in total. The molecule has 1 aromatic rings. The Morgan fingerprint density at radius 1 is 1.16 bits per heavy atom. The second kappa shape index (κ2) is 12.6. The van der Waals surface area contributed by atoms with Crippen LogP contribution in [-0.2, 0) is 4.74 Å². The molecule has 1 saturated heterocycles. The molecule has 1 aliphatic carbocycles. The fourth-order valence-electron chi connectivity index (χ4n) is 5.61. The Kier molecular flexibility index (Phi) is 10.1. The number of rotatable bonds is 8. The van der Waals surface area contributed by atoms with Crippen LogP contribution in [0, 0.1) is 17.2 Å². The first-order valence-corrected chi connectivity index (χ1v) is 14.3. The molecule has 240 valence electrons. The van der Waals surface area contributed by atoms with Gasteiger partial charge in [0.25, 0.3) is 0 Å². The summed E-state index contributed by atoms with van der Waals surface area (Å²) in [5.74, 6) is -2.25. The zero-order valence-electron chi connectivity index (χ0n) is 25.8. The van der Waals surface area contributed by atoms with Gasteiger partial charge in [-0.05, 0) is 78.9 Å². The van der Waals surface area contributed by atoms with Gasteiger partial charge in [-0.3, -0.25) is 4.90 Å². The van der Waals surface area contributed by atoms with Gasteiger partial charge in [-0.2, -0.15) is 26.3 Å². The lowest BCUT2D eigenvalue weighted by atomic mass is 9.72. The van der Waals surface area contributed by atoms with Crippen molar-refractivity contribution in [3.05, 3.63) is 57.9 Å². The molecule has 3 atom stereocenters. The molecular weight excluding hydrogens is 579 g/mol. The normalized spacial score (nSPS) is 22.8. The maximum Gasteiger partial charge on any atom is 0.412 e. The molecule has 1 aliphatic heterocycles. The maximum absolute atomic E-state index is 14.8. The van der Waals surface area contributed by atoms with Crippen LogP contribution in [0.25, 0.3) is 5.57 Å². The number of alkyl halides is 6. The highest BCUT2D eigenvalue weighted by molar-refractivity contribution is 5.77. The number of hydrogen-bond donors (Lipinski definition) is 0. The number of nitrogens with zero attached hydrogens (tertiary/aromatic N) is 1. The Balaban J connectivity index is 2.09. The average Bonchev–Trinajstić information content (AvgIpc) is 3.14. The molecule has 0 bridgehead atoms. The van der Waals surface area contributed by atoms with Crippen molar-refractivity contribution in [2.75, 3.05) is 13.7 Å². The first-order valence-electron chi connectivity index (χ1n) is 14.3. The van der Waals surface area contributed by atoms with E-state index in [1.807, 2.05) is 13.8 Å². The van der Waals surface area contributed by atoms with Crippen molar-refractivity contribution in [1.82, 2.24) is 4.90 Å². The van der Waals surface area contributed by atoms with Crippen LogP contribution in [0.4, 0.5) is 35.5 Å². The quantitative estimate of drug-likeness (QED) is 0.215. The minimum absolute atomic E-state index is 0.0386. The number of cyclic esters (lactones) is 1. The standard InChI is InChI=1S/C32H40F7NO3/c1-17(2)24-13-25(27(42-8)14-26(24)33)23-9-10-30(6,7)15-22(23)16-40-20(5)28(43-29(40)41)21(11-18(3)31(34,35)36)12-19(4)32(37,38)39/h11-14,17-18,20,28H,9-10,15-16H2,1-8H3/b19-12+,21-11+/t18?,20?,28-/m0/s1. The minimum atomic E-state index is -4.78. The summed E-state index contributed by atoms with van der Waals surface area (Å²) in [6.45, 7) is 11.1. The Hall–Kier alpha value is -2.98. The molecule has 0 saturated carbocycles. The third-order valence-electron chi connectivity index (χ3n) is 8.31. The van der Waals surface area contributed by atoms with E-state index in [1.54, 1.807) is 13.0 Å². The largest absolute Gasteiger partial charge is 0.496 e. The van der Waals surface area contributed by atoms with Crippen LogP contribution in [0.3, 0.4) is 0 Å². The summed E-state index contributed by atoms with van der Waals surface area (Å²) in [6.07, 6.45) is -8.42. The summed E-state index contributed by atoms with van der Waals surface area (Å²) in [5.41, 5.74) is 1.27. The molecule has 11 heteroatoms. The smallest absolute Gasteiger partial charge is 0.412 e. The van der Waals surface area contributed by atoms with Gasteiger partial charge in [0.15, 0.2) is 0 Å². The number of ether oxygens (including phenoxy) is 2. The molecular formula is C32H40F7NO3. The Morgan fingerprint density at radius 3 is 2.33 bits per heavy atom. The van der Waals surface area contributed by atoms with Crippen LogP contribution in [0.1, 0.15) is 84.8 Å². The lowest BCUT2D eigenvalue weighted by molar-refractivity contribution is -0.156. The van der Waals surface area contributed by atoms with Crippen molar-refractivity contribution in [2.45, 2.75) is 98.1 Å². The van der Waals surface area contributed by atoms with Gasteiger partial charge in [0.2, 0.25) is 0 Å². The van der Waals surface area contributed by atoms with Crippen molar-refractivity contribution >= 4 is 11.7 Å². The van der Waals surface area contributed by atoms with Crippen molar-refractivity contribution < 1.29 is 45.0 Å². The molecule has 0 N–H and O–H groups in total. The summed E-state index contributed by atoms with van der Waals surface area (Å²) in [7, 11) is 1.44. The topological polar surface area (TPSA) is 38.8 Å². The monoisotopic (exact) mass is 619 g/mol. The van der Waals surface area contributed by atoms with Crippen LogP contribution in [-0.4, -0.2) is 49.1 Å². The number of carbonyl (C=O) groups is 1. The highest BCUT2D eigenvalue weighted by Gasteiger charge is 2.44. The molecule has 3 rings (SSSR count). The summed E-state index contributed by atoms with van der Waals surface area (Å²) in [6, 6.07) is 2.22. The highest BCUT2D eigenvalue weighted by atomic mass is 19.4. The van der Waals surface area contributed by atoms with Gasteiger partial charge in [0.05, 0.1) is 19.1 Å². The number of carbonyl (C=O) groups excluding carboxylic acids is 1. The molecule has 1 fully saturated rings. The number of methoxy groups -OCH3 is 1. The van der Waals surface area contributed by atoms with E-state index in [4.69, 9.17) is 9.47 Å². The van der Waals surface area contributed by atoms with Crippen molar-refractivity contribution in [3.8, 4) is 5.75 Å². The van der Waals surface area contributed by atoms with Crippen LogP contribution in [0.15, 0.2) is 41.0 Å². The molecule has 0 radical (unpaired) electrons. The SMILES string of the molecule is COc1cc(F)c(C(C)C)cc1C1=C(CN2C(=O)O[C@H](C(=C/C(C)C(F)(F)F)/C=C(\C)C(F)(F)F)C2C)CC(C)(C)CC1. The zero-order chi connectivity index (χ0) is 32.7. The van der Waals surface area contributed by atoms with Crippen LogP contribution in [0.2, 0.25) is 0 Å². The molecule has 1 aromatic carbocycles. The Bertz CT molecular complexity index is 1310. The number of benzene rings is 1. The minimum Gasteiger partial charge on any atom is -0.496 e. The van der Waals surface area contributed by atoms with Gasteiger partial charge in [0, 0.05) is 23.7 Å². The third-order valence-corrected chi connectivity index (χ3v) is 8.31. The van der Waals surface area contributed by atoms with E-state index in [2.05, 4.69) is 13.8 Å². The lowest BCUT2D eigenvalue weighted by Crippen LogP contribution is -2.37. The van der Waals surface area contributed by atoms with E-state index in [0.717, 1.165) is 31.4 Å². The molecule has 1 amide bonds. The highest BCUT2D eigenvalue weighted by Crippen LogP contribution is 2.46. The van der Waals surface area contributed by atoms with E-state index in [9.17, 15) is 35.5 Å². The molecule has 0 spiro atoms. The van der Waals surface area contributed by atoms with Gasteiger partial charge in [0.1, 0.15) is 17.7 Å². The average molecular weight is 620 g/mol. The van der Waals surface area contributed by atoms with Gasteiger partial charge in [-0.1, -0.05) is 40.7 Å². The summed E-state index contributed by atoms with van der Waals surface area (Å²) >= 11 is 0. The fraction of sp³-hybridized carbons (Fsp3) is 0.594. The van der Waals surface area contributed by atoms with Crippen molar-refractivity contribution in [1.29, 1.82) is 0 Å². The van der Waals surface area contributed by atoms with Crippen LogP contribution < -0.4 is 4.74 Å². The summed E-state index contributed by atoms with van der Waals surface area (Å²) in [5, 5.41) is 0. The molecule has 2 unspecified atom stereocenters. The van der Waals surface area contributed by atoms with E-state index in [1.165, 1.54) is 18.1 Å². The molecule has 43 heavy (non-hydrogen) atoms. The second-order valence-electron chi connectivity index (χ2n) is 12.6. The van der Waals surface area contributed by atoms with Crippen LogP contribution >= 0.6 is 0 Å². The van der Waals surface area contributed by atoms with Crippen molar-refractivity contribution in [3.63, 3.8) is 0 Å². The predicted octanol–water partition coefficient (Wildman–Crippen LogP) is 9.76. The van der Waals surface area contributed by atoms with E-state index >= 15 is 0 Å². The van der Waals surface area contributed by atoms with E-state index in [0.29, 0.717) is 41.9 Å². The van der Waals surface area contributed by atoms with Gasteiger partial charge in [-0.15, -0.1) is 0 Å². The maximum atomic E-state index is 14.8. The zero-order valence-corrected chi connectivity index (χ0v) is 25.8. The lowest BCUT2D eigenvalue weighted by Gasteiger charge is -2.36. The first-order chi connectivity index (χ1) is 19.7. The van der Waals surface area contributed by atoms with Crippen molar-refractivity contribution in [2.24, 2.45) is 11.3 Å². The second-order valence-corrected chi connectivity index (χ2v) is 12.6. The fourth-order valence-corrected chi connectivity index (χ4v) is 5.61. The van der Waals surface area contributed by atoms with Gasteiger partial charge in [-0.25, -0.2) is 9.18 Å². The number of allylic oxidation sites excluding steroid dienone is 3. The van der Waals surface area contributed by atoms with E-state index < -0.39 is 47.9 Å². The van der Waals surface area contributed by atoms with Gasteiger partial charge < -0.3 is 9.47 Å². The third kappa shape index (κ3) is 7.95. The van der Waals surface area contributed by atoms with Crippen LogP contribution in [0.5, 0.6) is 5.75 Å². The van der Waals surface area contributed by atoms with E-state index in [-0.39, 0.29) is 23.5 Å². The first kappa shape index (κ1) is 34.5. The number of hydrogen-bond acceptors (Lipinski definition) is 3. The molecule has 1 heterocycles. The molecule has 0 aromatic heterocycles. The summed E-state index contributed by atoms with van der Waals surface area (Å²) < 4.78 is 106. The summed E-state index contributed by atoms with van der Waals surface area (Å²) in [4.78, 5) is 14.5. The Labute approximate surface area is 248 Å². The number of halogens is 7. The Morgan fingerprint density at radius 2 is 1.79 bits per heavy atom. The number of amides is 1. The van der Waals surface area contributed by atoms with Gasteiger partial charge >= 0.3 is 18.4 Å². The predicted molar refractivity (Wildman–Crippen MR) is 151 cm³/mol. The molecule has 2 aliphatic rings.